The standard InChI is InChI=1S/C15H20N2/c1-4-12(2)10-14-6-5-7-15(11-14)17-9-8-16-13(17)3/h5-9,11-12H,4,10H2,1-3H3. The Hall–Kier alpha value is -1.57. The molecule has 1 aromatic carbocycles. The fourth-order valence-electron chi connectivity index (χ4n) is 2.03. The van der Waals surface area contributed by atoms with Crippen molar-refractivity contribution in [1.82, 2.24) is 9.55 Å². The average molecular weight is 228 g/mol. The smallest absolute Gasteiger partial charge is 0.110 e. The molecule has 0 radical (unpaired) electrons. The molecule has 1 aromatic heterocycles. The average Bonchev–Trinajstić information content (AvgIpc) is 2.75. The van der Waals surface area contributed by atoms with E-state index < -0.39 is 0 Å². The lowest BCUT2D eigenvalue weighted by molar-refractivity contribution is 0.560. The fraction of sp³-hybridized carbons (Fsp3) is 0.400. The van der Waals surface area contributed by atoms with Gasteiger partial charge in [0.15, 0.2) is 0 Å². The van der Waals surface area contributed by atoms with Gasteiger partial charge in [-0.15, -0.1) is 0 Å². The van der Waals surface area contributed by atoms with Crippen molar-refractivity contribution in [3.63, 3.8) is 0 Å². The highest BCUT2D eigenvalue weighted by atomic mass is 15.1. The summed E-state index contributed by atoms with van der Waals surface area (Å²) in [5, 5.41) is 0. The normalized spacial score (nSPS) is 12.6. The van der Waals surface area contributed by atoms with Crippen LogP contribution in [0.1, 0.15) is 31.7 Å². The molecule has 0 spiro atoms. The maximum atomic E-state index is 4.26. The van der Waals surface area contributed by atoms with E-state index in [1.165, 1.54) is 17.7 Å². The van der Waals surface area contributed by atoms with Gasteiger partial charge in [0, 0.05) is 18.1 Å². The molecule has 2 rings (SSSR count). The Bertz CT molecular complexity index is 485. The molecule has 2 aromatic rings. The van der Waals surface area contributed by atoms with Crippen LogP contribution in [0.5, 0.6) is 0 Å². The molecule has 0 N–H and O–H groups in total. The molecule has 0 bridgehead atoms. The molecule has 2 heteroatoms. The van der Waals surface area contributed by atoms with Crippen LogP contribution in [-0.4, -0.2) is 9.55 Å². The fourth-order valence-corrected chi connectivity index (χ4v) is 2.03. The summed E-state index contributed by atoms with van der Waals surface area (Å²) in [6.07, 6.45) is 6.24. The molecule has 1 unspecified atom stereocenters. The lowest BCUT2D eigenvalue weighted by atomic mass is 9.99. The Kier molecular flexibility index (Phi) is 3.62. The summed E-state index contributed by atoms with van der Waals surface area (Å²) in [6, 6.07) is 8.74. The van der Waals surface area contributed by atoms with Crippen LogP contribution in [0.25, 0.3) is 5.69 Å². The van der Waals surface area contributed by atoms with Gasteiger partial charge in [-0.2, -0.15) is 0 Å². The summed E-state index contributed by atoms with van der Waals surface area (Å²) in [5.74, 6) is 1.78. The molecule has 90 valence electrons. The second-order valence-corrected chi connectivity index (χ2v) is 4.73. The first-order valence-electron chi connectivity index (χ1n) is 6.30. The lowest BCUT2D eigenvalue weighted by Crippen LogP contribution is -2.00. The third-order valence-corrected chi connectivity index (χ3v) is 3.30. The minimum absolute atomic E-state index is 0.745. The number of aryl methyl sites for hydroxylation is 1. The van der Waals surface area contributed by atoms with Crippen molar-refractivity contribution in [3.05, 3.63) is 48.0 Å². The Morgan fingerprint density at radius 1 is 1.35 bits per heavy atom. The number of hydrogen-bond acceptors (Lipinski definition) is 1. The highest BCUT2D eigenvalue weighted by molar-refractivity contribution is 5.37. The first kappa shape index (κ1) is 11.9. The first-order chi connectivity index (χ1) is 8.20. The van der Waals surface area contributed by atoms with E-state index in [4.69, 9.17) is 0 Å². The zero-order valence-corrected chi connectivity index (χ0v) is 10.9. The van der Waals surface area contributed by atoms with Gasteiger partial charge in [0.25, 0.3) is 0 Å². The van der Waals surface area contributed by atoms with Crippen molar-refractivity contribution in [3.8, 4) is 5.69 Å². The summed E-state index contributed by atoms with van der Waals surface area (Å²) in [7, 11) is 0. The van der Waals surface area contributed by atoms with E-state index in [9.17, 15) is 0 Å². The van der Waals surface area contributed by atoms with Crippen molar-refractivity contribution in [2.24, 2.45) is 5.92 Å². The molecule has 0 amide bonds. The molecule has 2 nitrogen and oxygen atoms in total. The number of imidazole rings is 1. The van der Waals surface area contributed by atoms with Crippen LogP contribution in [0.4, 0.5) is 0 Å². The Morgan fingerprint density at radius 2 is 2.18 bits per heavy atom. The topological polar surface area (TPSA) is 17.8 Å². The van der Waals surface area contributed by atoms with E-state index in [0.29, 0.717) is 0 Å². The van der Waals surface area contributed by atoms with E-state index in [0.717, 1.165) is 18.2 Å². The van der Waals surface area contributed by atoms with Gasteiger partial charge in [-0.05, 0) is 37.0 Å². The molecule has 1 heterocycles. The zero-order valence-electron chi connectivity index (χ0n) is 10.9. The molecule has 0 fully saturated rings. The molecule has 0 saturated carbocycles. The summed E-state index contributed by atoms with van der Waals surface area (Å²) < 4.78 is 2.13. The van der Waals surface area contributed by atoms with E-state index >= 15 is 0 Å². The maximum Gasteiger partial charge on any atom is 0.110 e. The van der Waals surface area contributed by atoms with E-state index in [-0.39, 0.29) is 0 Å². The second kappa shape index (κ2) is 5.17. The monoisotopic (exact) mass is 228 g/mol. The van der Waals surface area contributed by atoms with E-state index in [1.54, 1.807) is 0 Å². The van der Waals surface area contributed by atoms with Gasteiger partial charge >= 0.3 is 0 Å². The van der Waals surface area contributed by atoms with Gasteiger partial charge in [-0.3, -0.25) is 0 Å². The van der Waals surface area contributed by atoms with Crippen molar-refractivity contribution in [2.45, 2.75) is 33.6 Å². The highest BCUT2D eigenvalue weighted by Crippen LogP contribution is 2.16. The number of nitrogens with zero attached hydrogens (tertiary/aromatic N) is 2. The molecule has 17 heavy (non-hydrogen) atoms. The van der Waals surface area contributed by atoms with Crippen LogP contribution >= 0.6 is 0 Å². The third-order valence-electron chi connectivity index (χ3n) is 3.30. The predicted molar refractivity (Wildman–Crippen MR) is 71.5 cm³/mol. The van der Waals surface area contributed by atoms with Gasteiger partial charge in [0.05, 0.1) is 0 Å². The Balaban J connectivity index is 2.26. The van der Waals surface area contributed by atoms with Gasteiger partial charge in [0.1, 0.15) is 5.82 Å². The molecule has 0 aliphatic rings. The number of rotatable bonds is 4. The van der Waals surface area contributed by atoms with Crippen LogP contribution in [0.3, 0.4) is 0 Å². The minimum Gasteiger partial charge on any atom is -0.304 e. The van der Waals surface area contributed by atoms with E-state index in [2.05, 4.69) is 47.7 Å². The molecule has 1 atom stereocenters. The molecule has 0 aliphatic heterocycles. The van der Waals surface area contributed by atoms with Crippen molar-refractivity contribution >= 4 is 0 Å². The summed E-state index contributed by atoms with van der Waals surface area (Å²) in [6.45, 7) is 6.57. The van der Waals surface area contributed by atoms with Crippen LogP contribution in [0.2, 0.25) is 0 Å². The summed E-state index contributed by atoms with van der Waals surface area (Å²) >= 11 is 0. The first-order valence-corrected chi connectivity index (χ1v) is 6.30. The quantitative estimate of drug-likeness (QED) is 0.779. The van der Waals surface area contributed by atoms with Gasteiger partial charge in [-0.25, -0.2) is 4.98 Å². The van der Waals surface area contributed by atoms with Crippen LogP contribution in [-0.2, 0) is 6.42 Å². The van der Waals surface area contributed by atoms with Gasteiger partial charge in [-0.1, -0.05) is 32.4 Å². The summed E-state index contributed by atoms with van der Waals surface area (Å²) in [5.41, 5.74) is 2.62. The second-order valence-electron chi connectivity index (χ2n) is 4.73. The van der Waals surface area contributed by atoms with Gasteiger partial charge < -0.3 is 4.57 Å². The predicted octanol–water partition coefficient (Wildman–Crippen LogP) is 3.77. The Labute approximate surface area is 103 Å². The minimum atomic E-state index is 0.745. The summed E-state index contributed by atoms with van der Waals surface area (Å²) in [4.78, 5) is 4.26. The molecule has 0 saturated heterocycles. The molecular weight excluding hydrogens is 208 g/mol. The largest absolute Gasteiger partial charge is 0.304 e. The third kappa shape index (κ3) is 2.76. The van der Waals surface area contributed by atoms with Crippen LogP contribution in [0, 0.1) is 12.8 Å². The van der Waals surface area contributed by atoms with Crippen LogP contribution in [0.15, 0.2) is 36.7 Å². The highest BCUT2D eigenvalue weighted by Gasteiger charge is 2.04. The number of aromatic nitrogens is 2. The van der Waals surface area contributed by atoms with Crippen molar-refractivity contribution < 1.29 is 0 Å². The number of hydrogen-bond donors (Lipinski definition) is 0. The van der Waals surface area contributed by atoms with Crippen molar-refractivity contribution in [1.29, 1.82) is 0 Å². The maximum absolute atomic E-state index is 4.26. The van der Waals surface area contributed by atoms with Gasteiger partial charge in [0.2, 0.25) is 0 Å². The SMILES string of the molecule is CCC(C)Cc1cccc(-n2ccnc2C)c1. The van der Waals surface area contributed by atoms with Crippen molar-refractivity contribution in [2.75, 3.05) is 0 Å². The van der Waals surface area contributed by atoms with E-state index in [1.807, 2.05) is 19.3 Å². The Morgan fingerprint density at radius 3 is 2.82 bits per heavy atom. The zero-order chi connectivity index (χ0) is 12.3. The number of benzene rings is 1. The molecular formula is C15H20N2. The lowest BCUT2D eigenvalue weighted by Gasteiger charge is -2.11. The molecule has 0 aliphatic carbocycles. The van der Waals surface area contributed by atoms with Crippen LogP contribution < -0.4 is 0 Å².